The number of hydrogen-bond acceptors (Lipinski definition) is 4. The van der Waals surface area contributed by atoms with Crippen molar-refractivity contribution in [3.63, 3.8) is 0 Å². The molecular weight excluding hydrogens is 264 g/mol. The largest absolute Gasteiger partial charge is 0.256 e. The van der Waals surface area contributed by atoms with Gasteiger partial charge in [-0.25, -0.2) is 18.4 Å². The van der Waals surface area contributed by atoms with Gasteiger partial charge in [0.1, 0.15) is 17.7 Å². The molecule has 0 spiro atoms. The SMILES string of the molecule is N#Cc1nn(Cc2ncccc2F)c2ncc(F)cc12. The summed E-state index contributed by atoms with van der Waals surface area (Å²) >= 11 is 0. The van der Waals surface area contributed by atoms with Gasteiger partial charge in [0.15, 0.2) is 11.3 Å². The quantitative estimate of drug-likeness (QED) is 0.715. The first-order chi connectivity index (χ1) is 9.69. The van der Waals surface area contributed by atoms with Crippen molar-refractivity contribution >= 4 is 11.0 Å². The zero-order valence-corrected chi connectivity index (χ0v) is 10.1. The highest BCUT2D eigenvalue weighted by Gasteiger charge is 2.14. The van der Waals surface area contributed by atoms with E-state index in [0.717, 1.165) is 6.20 Å². The van der Waals surface area contributed by atoms with Crippen LogP contribution in [0.3, 0.4) is 0 Å². The van der Waals surface area contributed by atoms with Crippen LogP contribution in [0.15, 0.2) is 30.6 Å². The van der Waals surface area contributed by atoms with Gasteiger partial charge in [-0.3, -0.25) is 4.98 Å². The third-order valence-corrected chi connectivity index (χ3v) is 2.79. The number of aromatic nitrogens is 4. The second-order valence-electron chi connectivity index (χ2n) is 4.07. The Morgan fingerprint density at radius 3 is 2.90 bits per heavy atom. The van der Waals surface area contributed by atoms with Crippen molar-refractivity contribution in [3.05, 3.63) is 53.6 Å². The van der Waals surface area contributed by atoms with E-state index in [-0.39, 0.29) is 17.9 Å². The number of hydrogen-bond donors (Lipinski definition) is 0. The summed E-state index contributed by atoms with van der Waals surface area (Å²) in [6, 6.07) is 5.81. The maximum Gasteiger partial charge on any atom is 0.172 e. The molecule has 0 aliphatic carbocycles. The summed E-state index contributed by atoms with van der Waals surface area (Å²) in [6.07, 6.45) is 2.48. The predicted molar refractivity (Wildman–Crippen MR) is 65.5 cm³/mol. The zero-order valence-electron chi connectivity index (χ0n) is 10.1. The molecule has 3 heterocycles. The van der Waals surface area contributed by atoms with E-state index in [4.69, 9.17) is 5.26 Å². The van der Waals surface area contributed by atoms with Gasteiger partial charge in [-0.15, -0.1) is 0 Å². The Bertz CT molecular complexity index is 834. The van der Waals surface area contributed by atoms with Crippen molar-refractivity contribution in [2.24, 2.45) is 0 Å². The Labute approximate surface area is 112 Å². The van der Waals surface area contributed by atoms with Crippen LogP contribution in [0.2, 0.25) is 0 Å². The average Bonchev–Trinajstić information content (AvgIpc) is 2.78. The smallest absolute Gasteiger partial charge is 0.172 e. The summed E-state index contributed by atoms with van der Waals surface area (Å²) in [6.45, 7) is 0.0173. The van der Waals surface area contributed by atoms with Gasteiger partial charge in [-0.2, -0.15) is 10.4 Å². The fourth-order valence-corrected chi connectivity index (χ4v) is 1.90. The van der Waals surface area contributed by atoms with E-state index >= 15 is 0 Å². The van der Waals surface area contributed by atoms with Gasteiger partial charge >= 0.3 is 0 Å². The van der Waals surface area contributed by atoms with E-state index in [1.54, 1.807) is 0 Å². The van der Waals surface area contributed by atoms with Crippen molar-refractivity contribution in [2.45, 2.75) is 6.54 Å². The Morgan fingerprint density at radius 1 is 1.30 bits per heavy atom. The number of rotatable bonds is 2. The molecule has 0 N–H and O–H groups in total. The first-order valence-corrected chi connectivity index (χ1v) is 5.70. The molecule has 0 amide bonds. The van der Waals surface area contributed by atoms with Crippen LogP contribution in [-0.2, 0) is 6.54 Å². The molecule has 7 heteroatoms. The molecular formula is C13H7F2N5. The first-order valence-electron chi connectivity index (χ1n) is 5.70. The standard InChI is InChI=1S/C13H7F2N5/c14-8-4-9-11(5-16)19-20(13(9)18-6-8)7-12-10(15)2-1-3-17-12/h1-4,6H,7H2. The first kappa shape index (κ1) is 12.2. The fraction of sp³-hybridized carbons (Fsp3) is 0.0769. The second-order valence-corrected chi connectivity index (χ2v) is 4.07. The van der Waals surface area contributed by atoms with E-state index in [1.165, 1.54) is 29.1 Å². The minimum atomic E-state index is -0.558. The zero-order chi connectivity index (χ0) is 14.1. The van der Waals surface area contributed by atoms with Gasteiger partial charge in [-0.05, 0) is 18.2 Å². The molecule has 3 aromatic heterocycles. The number of nitrogens with zero attached hydrogens (tertiary/aromatic N) is 5. The molecule has 0 aliphatic rings. The second kappa shape index (κ2) is 4.66. The van der Waals surface area contributed by atoms with Crippen LogP contribution in [-0.4, -0.2) is 19.7 Å². The molecule has 3 rings (SSSR count). The van der Waals surface area contributed by atoms with E-state index in [1.807, 2.05) is 6.07 Å². The lowest BCUT2D eigenvalue weighted by Crippen LogP contribution is -2.06. The molecule has 0 bridgehead atoms. The van der Waals surface area contributed by atoms with Crippen LogP contribution in [0.5, 0.6) is 0 Å². The summed E-state index contributed by atoms with van der Waals surface area (Å²) in [5.41, 5.74) is 0.531. The Morgan fingerprint density at radius 2 is 2.15 bits per heavy atom. The molecule has 0 aliphatic heterocycles. The molecule has 0 fully saturated rings. The number of nitriles is 1. The van der Waals surface area contributed by atoms with Gasteiger partial charge in [0.2, 0.25) is 0 Å². The minimum Gasteiger partial charge on any atom is -0.256 e. The predicted octanol–water partition coefficient (Wildman–Crippen LogP) is 2.02. The molecule has 0 saturated heterocycles. The number of fused-ring (bicyclic) bond motifs is 1. The summed E-state index contributed by atoms with van der Waals surface area (Å²) in [5.74, 6) is -1.03. The van der Waals surface area contributed by atoms with Gasteiger partial charge in [0.25, 0.3) is 0 Å². The molecule has 98 valence electrons. The van der Waals surface area contributed by atoms with E-state index in [2.05, 4.69) is 15.1 Å². The summed E-state index contributed by atoms with van der Waals surface area (Å²) < 4.78 is 28.1. The van der Waals surface area contributed by atoms with E-state index in [9.17, 15) is 8.78 Å². The molecule has 0 saturated carbocycles. The van der Waals surface area contributed by atoms with Crippen molar-refractivity contribution in [3.8, 4) is 6.07 Å². The Hall–Kier alpha value is -2.88. The summed E-state index contributed by atoms with van der Waals surface area (Å²) in [4.78, 5) is 7.81. The topological polar surface area (TPSA) is 67.4 Å². The van der Waals surface area contributed by atoms with Crippen molar-refractivity contribution in [2.75, 3.05) is 0 Å². The lowest BCUT2D eigenvalue weighted by atomic mass is 10.3. The molecule has 3 aromatic rings. The monoisotopic (exact) mass is 271 g/mol. The average molecular weight is 271 g/mol. The van der Waals surface area contributed by atoms with Crippen molar-refractivity contribution in [1.29, 1.82) is 5.26 Å². The highest BCUT2D eigenvalue weighted by Crippen LogP contribution is 2.18. The molecule has 0 atom stereocenters. The maximum absolute atomic E-state index is 13.6. The lowest BCUT2D eigenvalue weighted by Gasteiger charge is -2.03. The maximum atomic E-state index is 13.6. The highest BCUT2D eigenvalue weighted by molar-refractivity contribution is 5.80. The van der Waals surface area contributed by atoms with Crippen LogP contribution in [0.4, 0.5) is 8.78 Å². The van der Waals surface area contributed by atoms with Crippen LogP contribution >= 0.6 is 0 Å². The molecule has 0 unspecified atom stereocenters. The Kier molecular flexibility index (Phi) is 2.84. The summed E-state index contributed by atoms with van der Waals surface area (Å²) in [7, 11) is 0. The third-order valence-electron chi connectivity index (χ3n) is 2.79. The van der Waals surface area contributed by atoms with Gasteiger partial charge in [0.05, 0.1) is 23.8 Å². The van der Waals surface area contributed by atoms with Crippen LogP contribution in [0, 0.1) is 23.0 Å². The highest BCUT2D eigenvalue weighted by atomic mass is 19.1. The summed E-state index contributed by atoms with van der Waals surface area (Å²) in [5, 5.41) is 13.3. The molecule has 0 radical (unpaired) electrons. The van der Waals surface area contributed by atoms with Gasteiger partial charge < -0.3 is 0 Å². The van der Waals surface area contributed by atoms with Crippen LogP contribution in [0.25, 0.3) is 11.0 Å². The van der Waals surface area contributed by atoms with Gasteiger partial charge in [0, 0.05) is 6.20 Å². The van der Waals surface area contributed by atoms with Crippen molar-refractivity contribution in [1.82, 2.24) is 19.7 Å². The third kappa shape index (κ3) is 1.97. The lowest BCUT2D eigenvalue weighted by molar-refractivity contribution is 0.574. The Balaban J connectivity index is 2.13. The fourth-order valence-electron chi connectivity index (χ4n) is 1.90. The van der Waals surface area contributed by atoms with Gasteiger partial charge in [-0.1, -0.05) is 0 Å². The molecule has 20 heavy (non-hydrogen) atoms. The van der Waals surface area contributed by atoms with Crippen molar-refractivity contribution < 1.29 is 8.78 Å². The normalized spacial score (nSPS) is 10.7. The molecule has 0 aromatic carbocycles. The molecule has 5 nitrogen and oxygen atoms in total. The van der Waals surface area contributed by atoms with E-state index < -0.39 is 11.6 Å². The minimum absolute atomic E-state index is 0.0173. The van der Waals surface area contributed by atoms with Crippen LogP contribution < -0.4 is 0 Å². The number of pyridine rings is 2. The van der Waals surface area contributed by atoms with E-state index in [0.29, 0.717) is 11.0 Å². The van der Waals surface area contributed by atoms with Crippen LogP contribution in [0.1, 0.15) is 11.4 Å². The number of halogens is 2.